The maximum atomic E-state index is 12.8. The van der Waals surface area contributed by atoms with Crippen molar-refractivity contribution in [1.29, 1.82) is 0 Å². The number of nitrogens with one attached hydrogen (secondary N) is 1. The van der Waals surface area contributed by atoms with Gasteiger partial charge in [0.25, 0.3) is 5.89 Å². The van der Waals surface area contributed by atoms with Gasteiger partial charge in [0.15, 0.2) is 5.82 Å². The molecule has 4 rings (SSSR count). The van der Waals surface area contributed by atoms with Crippen LogP contribution in [0.1, 0.15) is 55.4 Å². The van der Waals surface area contributed by atoms with E-state index in [1.54, 1.807) is 0 Å². The molecule has 27 heavy (non-hydrogen) atoms. The molecule has 2 heterocycles. The van der Waals surface area contributed by atoms with Crippen LogP contribution in [0.5, 0.6) is 0 Å². The van der Waals surface area contributed by atoms with Crippen molar-refractivity contribution in [2.45, 2.75) is 51.7 Å². The van der Waals surface area contributed by atoms with Crippen LogP contribution in [0.2, 0.25) is 0 Å². The second kappa shape index (κ2) is 8.08. The number of rotatable bonds is 6. The van der Waals surface area contributed by atoms with Crippen molar-refractivity contribution < 1.29 is 14.1 Å². The number of likely N-dealkylation sites (tertiary alicyclic amines) is 1. The molecule has 2 aromatic rings. The lowest BCUT2D eigenvalue weighted by molar-refractivity contribution is 0.0894. The third-order valence-electron chi connectivity index (χ3n) is 5.09. The number of nitrogens with zero attached hydrogens (tertiary/aromatic N) is 3. The van der Waals surface area contributed by atoms with Gasteiger partial charge in [0.1, 0.15) is 6.61 Å². The molecule has 1 aromatic carbocycles. The largest absolute Gasteiger partial charge is 0.371 e. The summed E-state index contributed by atoms with van der Waals surface area (Å²) in [7, 11) is 0. The Kier molecular flexibility index (Phi) is 5.38. The molecule has 0 radical (unpaired) electrons. The molecular weight excluding hydrogens is 344 g/mol. The summed E-state index contributed by atoms with van der Waals surface area (Å²) in [6, 6.07) is 7.51. The van der Waals surface area contributed by atoms with E-state index in [1.165, 1.54) is 12.8 Å². The van der Waals surface area contributed by atoms with E-state index in [0.29, 0.717) is 30.8 Å². The minimum absolute atomic E-state index is 0.123. The van der Waals surface area contributed by atoms with Crippen molar-refractivity contribution in [2.24, 2.45) is 5.92 Å². The van der Waals surface area contributed by atoms with Crippen molar-refractivity contribution in [3.8, 4) is 0 Å². The van der Waals surface area contributed by atoms with Crippen LogP contribution in [0.3, 0.4) is 0 Å². The average molecular weight is 370 g/mol. The van der Waals surface area contributed by atoms with Crippen LogP contribution in [0.25, 0.3) is 0 Å². The lowest BCUT2D eigenvalue weighted by Crippen LogP contribution is -2.41. The normalized spacial score (nSPS) is 19.9. The van der Waals surface area contributed by atoms with Gasteiger partial charge in [-0.25, -0.2) is 4.79 Å². The Hall–Kier alpha value is -2.41. The molecule has 0 bridgehead atoms. The number of aromatic nitrogens is 2. The maximum Gasteiger partial charge on any atom is 0.322 e. The highest BCUT2D eigenvalue weighted by atomic mass is 16.5. The smallest absolute Gasteiger partial charge is 0.322 e. The van der Waals surface area contributed by atoms with Gasteiger partial charge in [-0.05, 0) is 62.6 Å². The second-order valence-corrected chi connectivity index (χ2v) is 7.51. The Morgan fingerprint density at radius 1 is 1.33 bits per heavy atom. The first kappa shape index (κ1) is 18.0. The molecule has 1 unspecified atom stereocenters. The van der Waals surface area contributed by atoms with E-state index in [2.05, 4.69) is 15.5 Å². The maximum absolute atomic E-state index is 12.8. The van der Waals surface area contributed by atoms with Crippen LogP contribution in [0.15, 0.2) is 28.8 Å². The predicted molar refractivity (Wildman–Crippen MR) is 100 cm³/mol. The van der Waals surface area contributed by atoms with Crippen LogP contribution >= 0.6 is 0 Å². The number of piperidine rings is 1. The fourth-order valence-corrected chi connectivity index (χ4v) is 3.42. The summed E-state index contributed by atoms with van der Waals surface area (Å²) < 4.78 is 11.0. The first-order valence-corrected chi connectivity index (χ1v) is 9.73. The fourth-order valence-electron chi connectivity index (χ4n) is 3.42. The number of carbonyl (C=O) groups is 1. The predicted octanol–water partition coefficient (Wildman–Crippen LogP) is 4.06. The van der Waals surface area contributed by atoms with Gasteiger partial charge in [-0.2, -0.15) is 4.98 Å². The lowest BCUT2D eigenvalue weighted by Gasteiger charge is -2.33. The van der Waals surface area contributed by atoms with Crippen molar-refractivity contribution in [1.82, 2.24) is 15.0 Å². The summed E-state index contributed by atoms with van der Waals surface area (Å²) in [5, 5.41) is 7.11. The highest BCUT2D eigenvalue weighted by Crippen LogP contribution is 2.31. The molecule has 1 saturated carbocycles. The molecule has 1 aliphatic heterocycles. The van der Waals surface area contributed by atoms with Gasteiger partial charge >= 0.3 is 6.03 Å². The fraction of sp³-hybridized carbons (Fsp3) is 0.550. The van der Waals surface area contributed by atoms with Crippen LogP contribution in [-0.2, 0) is 11.3 Å². The van der Waals surface area contributed by atoms with Crippen LogP contribution in [-0.4, -0.2) is 34.2 Å². The zero-order chi connectivity index (χ0) is 18.6. The Balaban J connectivity index is 1.40. The zero-order valence-corrected chi connectivity index (χ0v) is 15.7. The van der Waals surface area contributed by atoms with Gasteiger partial charge in [-0.1, -0.05) is 17.3 Å². The quantitative estimate of drug-likeness (QED) is 0.829. The molecule has 2 fully saturated rings. The van der Waals surface area contributed by atoms with Crippen LogP contribution in [0.4, 0.5) is 10.5 Å². The van der Waals surface area contributed by atoms with Crippen molar-refractivity contribution in [2.75, 3.05) is 18.5 Å². The minimum Gasteiger partial charge on any atom is -0.371 e. The summed E-state index contributed by atoms with van der Waals surface area (Å²) in [4.78, 5) is 19.1. The molecule has 1 aliphatic carbocycles. The number of benzene rings is 1. The summed E-state index contributed by atoms with van der Waals surface area (Å²) >= 11 is 0. The lowest BCUT2D eigenvalue weighted by atomic mass is 10.0. The summed E-state index contributed by atoms with van der Waals surface area (Å²) in [5.74, 6) is 1.75. The standard InChI is InChI=1S/C20H26N4O3/c1-14-5-4-6-16(11-14)21-20(25)24-10-3-2-7-17(24)19-22-18(27-23-19)13-26-12-15-8-9-15/h4-6,11,15,17H,2-3,7-10,12-13H2,1H3,(H,21,25). The van der Waals surface area contributed by atoms with Gasteiger partial charge in [0.2, 0.25) is 0 Å². The van der Waals surface area contributed by atoms with E-state index in [1.807, 2.05) is 36.1 Å². The van der Waals surface area contributed by atoms with E-state index in [-0.39, 0.29) is 12.1 Å². The van der Waals surface area contributed by atoms with E-state index in [9.17, 15) is 4.79 Å². The third kappa shape index (κ3) is 4.66. The highest BCUT2D eigenvalue weighted by Gasteiger charge is 2.31. The average Bonchev–Trinajstić information content (AvgIpc) is 3.37. The summed E-state index contributed by atoms with van der Waals surface area (Å²) in [5.41, 5.74) is 1.91. The monoisotopic (exact) mass is 370 g/mol. The first-order valence-electron chi connectivity index (χ1n) is 9.73. The van der Waals surface area contributed by atoms with Crippen LogP contribution in [0, 0.1) is 12.8 Å². The van der Waals surface area contributed by atoms with E-state index >= 15 is 0 Å². The topological polar surface area (TPSA) is 80.5 Å². The zero-order valence-electron chi connectivity index (χ0n) is 15.7. The Labute approximate surface area is 159 Å². The molecule has 0 spiro atoms. The Bertz CT molecular complexity index is 787. The van der Waals surface area contributed by atoms with Gasteiger partial charge in [-0.3, -0.25) is 0 Å². The van der Waals surface area contributed by atoms with E-state index in [0.717, 1.165) is 37.1 Å². The van der Waals surface area contributed by atoms with Crippen molar-refractivity contribution in [3.05, 3.63) is 41.5 Å². The molecule has 1 atom stereocenters. The Morgan fingerprint density at radius 2 is 2.22 bits per heavy atom. The molecule has 1 saturated heterocycles. The number of anilines is 1. The number of carbonyl (C=O) groups excluding carboxylic acids is 1. The van der Waals surface area contributed by atoms with Crippen molar-refractivity contribution in [3.63, 3.8) is 0 Å². The molecule has 7 heteroatoms. The number of aryl methyl sites for hydroxylation is 1. The first-order chi connectivity index (χ1) is 13.2. The Morgan fingerprint density at radius 3 is 3.04 bits per heavy atom. The molecule has 144 valence electrons. The SMILES string of the molecule is Cc1cccc(NC(=O)N2CCCCC2c2noc(COCC3CC3)n2)c1. The van der Waals surface area contributed by atoms with Gasteiger partial charge in [-0.15, -0.1) is 0 Å². The molecule has 7 nitrogen and oxygen atoms in total. The van der Waals surface area contributed by atoms with Gasteiger partial charge in [0, 0.05) is 12.2 Å². The number of hydrogen-bond donors (Lipinski definition) is 1. The van der Waals surface area contributed by atoms with Gasteiger partial charge < -0.3 is 19.5 Å². The minimum atomic E-state index is -0.163. The highest BCUT2D eigenvalue weighted by molar-refractivity contribution is 5.89. The van der Waals surface area contributed by atoms with Crippen molar-refractivity contribution >= 4 is 11.7 Å². The second-order valence-electron chi connectivity index (χ2n) is 7.51. The third-order valence-corrected chi connectivity index (χ3v) is 5.09. The van der Waals surface area contributed by atoms with Gasteiger partial charge in [0.05, 0.1) is 12.6 Å². The summed E-state index contributed by atoms with van der Waals surface area (Å²) in [6.07, 6.45) is 5.36. The van der Waals surface area contributed by atoms with E-state index < -0.39 is 0 Å². The molecule has 2 amide bonds. The molecule has 2 aliphatic rings. The molecule has 1 aromatic heterocycles. The molecular formula is C20H26N4O3. The summed E-state index contributed by atoms with van der Waals surface area (Å²) in [6.45, 7) is 3.79. The number of amides is 2. The number of ether oxygens (including phenoxy) is 1. The molecule has 1 N–H and O–H groups in total. The number of urea groups is 1. The van der Waals surface area contributed by atoms with E-state index in [4.69, 9.17) is 9.26 Å². The number of hydrogen-bond acceptors (Lipinski definition) is 5. The van der Waals surface area contributed by atoms with Crippen LogP contribution < -0.4 is 5.32 Å².